The normalized spacial score (nSPS) is 24.3. The average Bonchev–Trinajstić information content (AvgIpc) is 3.32. The van der Waals surface area contributed by atoms with E-state index in [0.29, 0.717) is 54.0 Å². The minimum Gasteiger partial charge on any atom is -0.382 e. The Bertz CT molecular complexity index is 1590. The fraction of sp³-hybridized carbons (Fsp3) is 0.545. The largest absolute Gasteiger partial charge is 0.382 e. The second-order valence-electron chi connectivity index (χ2n) is 13.1. The van der Waals surface area contributed by atoms with Gasteiger partial charge in [-0.25, -0.2) is 9.97 Å². The molecule has 3 aromatic heterocycles. The van der Waals surface area contributed by atoms with Crippen LogP contribution >= 0.6 is 0 Å². The summed E-state index contributed by atoms with van der Waals surface area (Å²) in [6, 6.07) is 7.73. The Balaban J connectivity index is 0.967. The first kappa shape index (κ1) is 31.0. The SMILES string of the molecule is CC(C)Nc1cc(-n2ccc3cc(C#N)cnc32)ncc1C(=O)NC1CCC(C(=O)NCCOCCN2C[C@@H]3C[C@]3(N)C2)CC1. The maximum Gasteiger partial charge on any atom is 0.255 e. The topological polar surface area (TPSA) is 163 Å². The van der Waals surface area contributed by atoms with Crippen LogP contribution in [0, 0.1) is 23.2 Å². The number of nitrogens with zero attached hydrogens (tertiary/aromatic N) is 5. The predicted octanol–water partition coefficient (Wildman–Crippen LogP) is 2.57. The Hall–Kier alpha value is -4.05. The van der Waals surface area contributed by atoms with Crippen LogP contribution in [0.4, 0.5) is 5.69 Å². The summed E-state index contributed by atoms with van der Waals surface area (Å²) in [7, 11) is 0. The number of likely N-dealkylation sites (tertiary alicyclic amines) is 1. The van der Waals surface area contributed by atoms with Gasteiger partial charge >= 0.3 is 0 Å². The first-order valence-electron chi connectivity index (χ1n) is 16.0. The van der Waals surface area contributed by atoms with Crippen LogP contribution in [0.15, 0.2) is 36.8 Å². The molecule has 0 unspecified atom stereocenters. The lowest BCUT2D eigenvalue weighted by Crippen LogP contribution is -2.41. The lowest BCUT2D eigenvalue weighted by Gasteiger charge is -2.28. The van der Waals surface area contributed by atoms with Crippen LogP contribution in [0.25, 0.3) is 16.9 Å². The molecule has 12 heteroatoms. The van der Waals surface area contributed by atoms with Crippen LogP contribution < -0.4 is 21.7 Å². The van der Waals surface area contributed by atoms with Crippen molar-refractivity contribution in [2.75, 3.05) is 44.7 Å². The lowest BCUT2D eigenvalue weighted by atomic mass is 9.85. The Morgan fingerprint density at radius 3 is 2.73 bits per heavy atom. The Kier molecular flexibility index (Phi) is 9.03. The highest BCUT2D eigenvalue weighted by Crippen LogP contribution is 2.46. The van der Waals surface area contributed by atoms with E-state index in [9.17, 15) is 14.9 Å². The van der Waals surface area contributed by atoms with Crippen LogP contribution in [0.2, 0.25) is 0 Å². The molecule has 0 aromatic carbocycles. The fourth-order valence-electron chi connectivity index (χ4n) is 6.71. The summed E-state index contributed by atoms with van der Waals surface area (Å²) in [5.41, 5.74) is 8.64. The van der Waals surface area contributed by atoms with Crippen LogP contribution in [-0.4, -0.2) is 88.3 Å². The second kappa shape index (κ2) is 13.1. The molecule has 2 aliphatic carbocycles. The highest BCUT2D eigenvalue weighted by Gasteiger charge is 2.56. The molecular weight excluding hydrogens is 570 g/mol. The third-order valence-electron chi connectivity index (χ3n) is 9.29. The van der Waals surface area contributed by atoms with Crippen molar-refractivity contribution in [3.63, 3.8) is 0 Å². The zero-order chi connectivity index (χ0) is 31.6. The molecule has 0 radical (unpaired) electrons. The number of aromatic nitrogens is 3. The number of hydrogen-bond acceptors (Lipinski definition) is 9. The lowest BCUT2D eigenvalue weighted by molar-refractivity contribution is -0.126. The van der Waals surface area contributed by atoms with Gasteiger partial charge in [0.2, 0.25) is 5.91 Å². The third kappa shape index (κ3) is 7.11. The number of carbonyl (C=O) groups is 2. The van der Waals surface area contributed by atoms with E-state index in [1.54, 1.807) is 12.3 Å². The summed E-state index contributed by atoms with van der Waals surface area (Å²) in [5.74, 6) is 1.10. The standard InChI is InChI=1S/C33H43N9O3/c1-21(2)39-28-14-29(42-9-7-24-13-22(16-34)17-38-30(24)42)37-18-27(28)32(44)40-26-5-3-23(4-6-26)31(43)36-8-11-45-12-10-41-19-25-15-33(25,35)20-41/h7,9,13-14,17-18,21,23,25-26H,3-6,8,10-12,15,19-20,35H2,1-2H3,(H,36,43)(H,37,39)(H,40,44)/t23?,25-,26?,33-/m0/s1. The molecule has 238 valence electrons. The van der Waals surface area contributed by atoms with Crippen molar-refractivity contribution >= 4 is 28.5 Å². The Morgan fingerprint density at radius 1 is 1.18 bits per heavy atom. The van der Waals surface area contributed by atoms with Gasteiger partial charge < -0.3 is 26.4 Å². The van der Waals surface area contributed by atoms with Crippen molar-refractivity contribution in [1.29, 1.82) is 5.26 Å². The number of rotatable bonds is 12. The van der Waals surface area contributed by atoms with Gasteiger partial charge in [-0.2, -0.15) is 5.26 Å². The molecule has 45 heavy (non-hydrogen) atoms. The highest BCUT2D eigenvalue weighted by atomic mass is 16.5. The minimum atomic E-state index is -0.191. The molecule has 2 amide bonds. The van der Waals surface area contributed by atoms with Crippen molar-refractivity contribution in [3.05, 3.63) is 47.9 Å². The molecule has 0 bridgehead atoms. The molecule has 12 nitrogen and oxygen atoms in total. The van der Waals surface area contributed by atoms with Gasteiger partial charge in [-0.15, -0.1) is 0 Å². The van der Waals surface area contributed by atoms with Gasteiger partial charge in [0.15, 0.2) is 0 Å². The average molecular weight is 614 g/mol. The maximum atomic E-state index is 13.4. The van der Waals surface area contributed by atoms with E-state index in [-0.39, 0.29) is 35.4 Å². The van der Waals surface area contributed by atoms with E-state index in [1.165, 1.54) is 6.20 Å². The summed E-state index contributed by atoms with van der Waals surface area (Å²) in [6.45, 7) is 8.63. The van der Waals surface area contributed by atoms with Gasteiger partial charge in [0.1, 0.15) is 17.5 Å². The van der Waals surface area contributed by atoms with Gasteiger partial charge in [0.05, 0.1) is 30.0 Å². The minimum absolute atomic E-state index is 0.00679. The van der Waals surface area contributed by atoms with Gasteiger partial charge in [0, 0.05) is 79.8 Å². The number of fused-ring (bicyclic) bond motifs is 2. The van der Waals surface area contributed by atoms with E-state index in [4.69, 9.17) is 10.5 Å². The predicted molar refractivity (Wildman–Crippen MR) is 171 cm³/mol. The molecule has 2 atom stereocenters. The molecule has 3 fully saturated rings. The van der Waals surface area contributed by atoms with Crippen molar-refractivity contribution < 1.29 is 14.3 Å². The Morgan fingerprint density at radius 2 is 2.00 bits per heavy atom. The maximum absolute atomic E-state index is 13.4. The van der Waals surface area contributed by atoms with Gasteiger partial charge in [0.25, 0.3) is 5.91 Å². The zero-order valence-corrected chi connectivity index (χ0v) is 26.1. The van der Waals surface area contributed by atoms with Crippen LogP contribution in [0.5, 0.6) is 0 Å². The smallest absolute Gasteiger partial charge is 0.255 e. The summed E-state index contributed by atoms with van der Waals surface area (Å²) < 4.78 is 7.58. The number of nitriles is 1. The van der Waals surface area contributed by atoms with Gasteiger partial charge in [-0.05, 0) is 64.0 Å². The number of ether oxygens (including phenoxy) is 1. The number of pyridine rings is 2. The van der Waals surface area contributed by atoms with E-state index >= 15 is 0 Å². The number of nitrogens with two attached hydrogens (primary N) is 1. The molecule has 5 N–H and O–H groups in total. The number of amides is 2. The van der Waals surface area contributed by atoms with Crippen LogP contribution in [-0.2, 0) is 9.53 Å². The number of nitrogens with one attached hydrogen (secondary N) is 3. The van der Waals surface area contributed by atoms with E-state index in [2.05, 4.69) is 36.9 Å². The van der Waals surface area contributed by atoms with Crippen LogP contribution in [0.3, 0.4) is 0 Å². The first-order valence-corrected chi connectivity index (χ1v) is 16.0. The van der Waals surface area contributed by atoms with Gasteiger partial charge in [-0.3, -0.25) is 19.1 Å². The number of anilines is 1. The number of carbonyl (C=O) groups excluding carboxylic acids is 2. The van der Waals surface area contributed by atoms with E-state index < -0.39 is 0 Å². The molecule has 0 spiro atoms. The van der Waals surface area contributed by atoms with Crippen molar-refractivity contribution in [2.45, 2.75) is 63.6 Å². The number of hydrogen-bond donors (Lipinski definition) is 4. The summed E-state index contributed by atoms with van der Waals surface area (Å²) >= 11 is 0. The third-order valence-corrected chi connectivity index (χ3v) is 9.29. The highest BCUT2D eigenvalue weighted by molar-refractivity contribution is 6.00. The van der Waals surface area contributed by atoms with Gasteiger partial charge in [-0.1, -0.05) is 0 Å². The molecular formula is C33H43N9O3. The monoisotopic (exact) mass is 613 g/mol. The molecule has 6 rings (SSSR count). The van der Waals surface area contributed by atoms with Crippen molar-refractivity contribution in [1.82, 2.24) is 30.1 Å². The summed E-state index contributed by atoms with van der Waals surface area (Å²) in [4.78, 5) is 37.6. The summed E-state index contributed by atoms with van der Waals surface area (Å²) in [5, 5.41) is 19.6. The van der Waals surface area contributed by atoms with E-state index in [1.807, 2.05) is 36.7 Å². The summed E-state index contributed by atoms with van der Waals surface area (Å²) in [6.07, 6.45) is 9.08. The fourth-order valence-corrected chi connectivity index (χ4v) is 6.71. The quantitative estimate of drug-likeness (QED) is 0.225. The Labute approximate surface area is 263 Å². The van der Waals surface area contributed by atoms with Crippen molar-refractivity contribution in [2.24, 2.45) is 17.6 Å². The van der Waals surface area contributed by atoms with E-state index in [0.717, 1.165) is 57.1 Å². The van der Waals surface area contributed by atoms with Crippen molar-refractivity contribution in [3.8, 4) is 11.9 Å². The molecule has 3 aliphatic rings. The van der Waals surface area contributed by atoms with Crippen LogP contribution in [0.1, 0.15) is 61.9 Å². The first-order chi connectivity index (χ1) is 21.7. The molecule has 2 saturated carbocycles. The zero-order valence-electron chi connectivity index (χ0n) is 26.1. The molecule has 3 aromatic rings. The second-order valence-corrected chi connectivity index (χ2v) is 13.1. The molecule has 1 aliphatic heterocycles. The molecule has 1 saturated heterocycles. The number of piperidine rings is 1. The molecule has 4 heterocycles.